The highest BCUT2D eigenvalue weighted by Crippen LogP contribution is 2.45. The maximum absolute atomic E-state index is 12.4. The van der Waals surface area contributed by atoms with Crippen molar-refractivity contribution in [2.75, 3.05) is 18.4 Å². The topological polar surface area (TPSA) is 49.4 Å². The first-order valence-electron chi connectivity index (χ1n) is 6.40. The Kier molecular flexibility index (Phi) is 2.89. The number of hydrogen-bond acceptors (Lipinski definition) is 2. The minimum absolute atomic E-state index is 0.0730. The number of nitrogens with one attached hydrogen (secondary N) is 1. The smallest absolute Gasteiger partial charge is 0.235 e. The number of nitrogens with zero attached hydrogens (tertiary/aromatic N) is 1. The summed E-state index contributed by atoms with van der Waals surface area (Å²) in [5.74, 6) is 0.160. The summed E-state index contributed by atoms with van der Waals surface area (Å²) in [7, 11) is 0. The lowest BCUT2D eigenvalue weighted by Gasteiger charge is -2.37. The van der Waals surface area contributed by atoms with E-state index in [1.807, 2.05) is 23.1 Å². The first-order chi connectivity index (χ1) is 9.03. The Morgan fingerprint density at radius 1 is 1.37 bits per heavy atom. The average Bonchev–Trinajstić information content (AvgIpc) is 2.62. The van der Waals surface area contributed by atoms with Gasteiger partial charge in [-0.1, -0.05) is 22.0 Å². The third kappa shape index (κ3) is 1.87. The molecule has 0 radical (unpaired) electrons. The Morgan fingerprint density at radius 3 is 2.68 bits per heavy atom. The van der Waals surface area contributed by atoms with Gasteiger partial charge in [0.1, 0.15) is 0 Å². The molecule has 19 heavy (non-hydrogen) atoms. The van der Waals surface area contributed by atoms with E-state index in [2.05, 4.69) is 21.2 Å². The Balaban J connectivity index is 1.94. The molecule has 1 aromatic rings. The first-order valence-corrected chi connectivity index (χ1v) is 7.19. The molecule has 0 aliphatic carbocycles. The third-order valence-corrected chi connectivity index (χ3v) is 4.74. The number of carbonyl (C=O) groups excluding carboxylic acids is 2. The van der Waals surface area contributed by atoms with Crippen LogP contribution in [0.15, 0.2) is 22.7 Å². The van der Waals surface area contributed by atoms with Crippen LogP contribution in [0.1, 0.15) is 25.3 Å². The summed E-state index contributed by atoms with van der Waals surface area (Å²) < 4.78 is 0.963. The number of amides is 2. The predicted octanol–water partition coefficient (Wildman–Crippen LogP) is 2.28. The molecule has 0 unspecified atom stereocenters. The van der Waals surface area contributed by atoms with E-state index in [9.17, 15) is 9.59 Å². The van der Waals surface area contributed by atoms with E-state index in [0.29, 0.717) is 25.9 Å². The summed E-state index contributed by atoms with van der Waals surface area (Å²) in [5, 5.41) is 2.97. The van der Waals surface area contributed by atoms with Gasteiger partial charge in [0.15, 0.2) is 0 Å². The van der Waals surface area contributed by atoms with Gasteiger partial charge in [0.25, 0.3) is 0 Å². The minimum atomic E-state index is -0.442. The standard InChI is InChI=1S/C14H15BrN2O2/c1-9(18)17-6-4-14(5-7-17)11-3-2-10(15)8-12(11)16-13(14)19/h2-3,8H,4-7H2,1H3,(H,16,19). The van der Waals surface area contributed by atoms with Gasteiger partial charge in [-0.15, -0.1) is 0 Å². The Bertz CT molecular complexity index is 563. The molecular weight excluding hydrogens is 308 g/mol. The molecule has 2 aliphatic heterocycles. The molecule has 5 heteroatoms. The van der Waals surface area contributed by atoms with Gasteiger partial charge < -0.3 is 10.2 Å². The fourth-order valence-corrected chi connectivity index (χ4v) is 3.46. The van der Waals surface area contributed by atoms with Crippen molar-refractivity contribution < 1.29 is 9.59 Å². The lowest BCUT2D eigenvalue weighted by Crippen LogP contribution is -2.47. The van der Waals surface area contributed by atoms with E-state index in [4.69, 9.17) is 0 Å². The Morgan fingerprint density at radius 2 is 2.05 bits per heavy atom. The van der Waals surface area contributed by atoms with Crippen molar-refractivity contribution in [1.29, 1.82) is 0 Å². The molecule has 0 bridgehead atoms. The zero-order valence-corrected chi connectivity index (χ0v) is 12.3. The number of benzene rings is 1. The van der Waals surface area contributed by atoms with Gasteiger partial charge in [-0.2, -0.15) is 0 Å². The molecular formula is C14H15BrN2O2. The molecule has 1 saturated heterocycles. The van der Waals surface area contributed by atoms with Crippen molar-refractivity contribution >= 4 is 33.4 Å². The first kappa shape index (κ1) is 12.7. The van der Waals surface area contributed by atoms with Gasteiger partial charge >= 0.3 is 0 Å². The molecule has 1 spiro atoms. The summed E-state index contributed by atoms with van der Waals surface area (Å²) in [6, 6.07) is 5.93. The highest BCUT2D eigenvalue weighted by Gasteiger charge is 2.48. The molecule has 2 aliphatic rings. The van der Waals surface area contributed by atoms with Crippen molar-refractivity contribution in [2.24, 2.45) is 0 Å². The molecule has 1 N–H and O–H groups in total. The van der Waals surface area contributed by atoms with Crippen molar-refractivity contribution in [1.82, 2.24) is 4.90 Å². The van der Waals surface area contributed by atoms with Crippen LogP contribution in [0.4, 0.5) is 5.69 Å². The van der Waals surface area contributed by atoms with E-state index in [1.165, 1.54) is 0 Å². The number of rotatable bonds is 0. The number of piperidine rings is 1. The third-order valence-electron chi connectivity index (χ3n) is 4.24. The zero-order chi connectivity index (χ0) is 13.6. The number of hydrogen-bond donors (Lipinski definition) is 1. The summed E-state index contributed by atoms with van der Waals surface area (Å²) in [6.07, 6.45) is 1.40. The number of anilines is 1. The van der Waals surface area contributed by atoms with E-state index < -0.39 is 5.41 Å². The molecule has 2 heterocycles. The SMILES string of the molecule is CC(=O)N1CCC2(CC1)C(=O)Nc1cc(Br)ccc12. The lowest BCUT2D eigenvalue weighted by molar-refractivity contribution is -0.133. The molecule has 1 fully saturated rings. The number of fused-ring (bicyclic) bond motifs is 2. The van der Waals surface area contributed by atoms with E-state index in [-0.39, 0.29) is 11.8 Å². The monoisotopic (exact) mass is 322 g/mol. The molecule has 1 aromatic carbocycles. The second kappa shape index (κ2) is 4.34. The molecule has 2 amide bonds. The fourth-order valence-electron chi connectivity index (χ4n) is 3.10. The van der Waals surface area contributed by atoms with Crippen LogP contribution in [0.2, 0.25) is 0 Å². The number of halogens is 1. The highest BCUT2D eigenvalue weighted by molar-refractivity contribution is 9.10. The Hall–Kier alpha value is -1.36. The second-order valence-electron chi connectivity index (χ2n) is 5.23. The summed E-state index contributed by atoms with van der Waals surface area (Å²) in [6.45, 7) is 2.88. The maximum atomic E-state index is 12.4. The lowest BCUT2D eigenvalue weighted by atomic mass is 9.73. The quantitative estimate of drug-likeness (QED) is 0.796. The van der Waals surface area contributed by atoms with Gasteiger partial charge in [-0.05, 0) is 30.5 Å². The van der Waals surface area contributed by atoms with Gasteiger partial charge in [-0.25, -0.2) is 0 Å². The molecule has 3 rings (SSSR count). The summed E-state index contributed by atoms with van der Waals surface area (Å²) in [5.41, 5.74) is 1.53. The maximum Gasteiger partial charge on any atom is 0.235 e. The van der Waals surface area contributed by atoms with Crippen molar-refractivity contribution in [3.05, 3.63) is 28.2 Å². The van der Waals surface area contributed by atoms with Gasteiger partial charge in [-0.3, -0.25) is 9.59 Å². The fraction of sp³-hybridized carbons (Fsp3) is 0.429. The van der Waals surface area contributed by atoms with Crippen LogP contribution in [0.5, 0.6) is 0 Å². The number of carbonyl (C=O) groups is 2. The molecule has 0 saturated carbocycles. The molecule has 4 nitrogen and oxygen atoms in total. The van der Waals surface area contributed by atoms with Crippen LogP contribution in [-0.4, -0.2) is 29.8 Å². The van der Waals surface area contributed by atoms with Crippen LogP contribution in [0.25, 0.3) is 0 Å². The molecule has 100 valence electrons. The van der Waals surface area contributed by atoms with Crippen LogP contribution in [0, 0.1) is 0 Å². The van der Waals surface area contributed by atoms with Crippen LogP contribution >= 0.6 is 15.9 Å². The van der Waals surface area contributed by atoms with Crippen molar-refractivity contribution in [3.8, 4) is 0 Å². The summed E-state index contributed by atoms with van der Waals surface area (Å²) >= 11 is 3.42. The summed E-state index contributed by atoms with van der Waals surface area (Å²) in [4.78, 5) is 25.6. The van der Waals surface area contributed by atoms with Crippen LogP contribution in [-0.2, 0) is 15.0 Å². The minimum Gasteiger partial charge on any atom is -0.343 e. The van der Waals surface area contributed by atoms with Crippen LogP contribution in [0.3, 0.4) is 0 Å². The number of likely N-dealkylation sites (tertiary alicyclic amines) is 1. The van der Waals surface area contributed by atoms with Gasteiger partial charge in [0.2, 0.25) is 11.8 Å². The molecule has 0 atom stereocenters. The molecule has 0 aromatic heterocycles. The largest absolute Gasteiger partial charge is 0.343 e. The van der Waals surface area contributed by atoms with E-state index >= 15 is 0 Å². The zero-order valence-electron chi connectivity index (χ0n) is 10.7. The van der Waals surface area contributed by atoms with Crippen molar-refractivity contribution in [3.63, 3.8) is 0 Å². The normalized spacial score (nSPS) is 20.3. The van der Waals surface area contributed by atoms with E-state index in [1.54, 1.807) is 6.92 Å². The van der Waals surface area contributed by atoms with E-state index in [0.717, 1.165) is 15.7 Å². The second-order valence-corrected chi connectivity index (χ2v) is 6.15. The van der Waals surface area contributed by atoms with Crippen molar-refractivity contribution in [2.45, 2.75) is 25.2 Å². The highest BCUT2D eigenvalue weighted by atomic mass is 79.9. The predicted molar refractivity (Wildman–Crippen MR) is 75.9 cm³/mol. The van der Waals surface area contributed by atoms with Crippen LogP contribution < -0.4 is 5.32 Å². The Labute approximate surface area is 120 Å². The average molecular weight is 323 g/mol. The van der Waals surface area contributed by atoms with Gasteiger partial charge in [0, 0.05) is 30.2 Å². The van der Waals surface area contributed by atoms with Gasteiger partial charge in [0.05, 0.1) is 5.41 Å².